The van der Waals surface area contributed by atoms with E-state index in [0.717, 1.165) is 17.5 Å². The Morgan fingerprint density at radius 2 is 1.81 bits per heavy atom. The highest BCUT2D eigenvalue weighted by atomic mass is 32.2. The maximum Gasteiger partial charge on any atom is 0.257 e. The van der Waals surface area contributed by atoms with Gasteiger partial charge < -0.3 is 0 Å². The number of anilines is 2. The number of hydrogen-bond donors (Lipinski definition) is 1. The average molecular weight is 454 g/mol. The summed E-state index contributed by atoms with van der Waals surface area (Å²) < 4.78 is 26.2. The Labute approximate surface area is 183 Å². The van der Waals surface area contributed by atoms with E-state index in [4.69, 9.17) is 0 Å². The third-order valence-corrected chi connectivity index (χ3v) is 6.61. The minimum absolute atomic E-state index is 0.252. The average Bonchev–Trinajstić information content (AvgIpc) is 3.45. The zero-order valence-electron chi connectivity index (χ0n) is 16.8. The molecule has 1 amide bonds. The number of nitrogens with zero attached hydrogens (tertiary/aromatic N) is 4. The van der Waals surface area contributed by atoms with Gasteiger partial charge in [0.1, 0.15) is 0 Å². The molecule has 2 aromatic heterocycles. The fraction of sp³-hybridized carbons (Fsp3) is 0.0952. The molecule has 2 aromatic carbocycles. The number of rotatable bonds is 6. The van der Waals surface area contributed by atoms with Crippen LogP contribution in [0.25, 0.3) is 16.9 Å². The van der Waals surface area contributed by atoms with Crippen molar-refractivity contribution < 1.29 is 13.2 Å². The summed E-state index contributed by atoms with van der Waals surface area (Å²) in [4.78, 5) is 17.0. The molecule has 10 heteroatoms. The molecule has 1 N–H and O–H groups in total. The first kappa shape index (κ1) is 20.8. The van der Waals surface area contributed by atoms with Crippen LogP contribution >= 0.6 is 11.3 Å². The fourth-order valence-electron chi connectivity index (χ4n) is 2.85. The first-order valence-electron chi connectivity index (χ1n) is 9.22. The zero-order valence-corrected chi connectivity index (χ0v) is 18.4. The molecule has 31 heavy (non-hydrogen) atoms. The molecule has 2 heterocycles. The molecule has 4 rings (SSSR count). The van der Waals surface area contributed by atoms with Gasteiger partial charge in [-0.15, -0.1) is 11.3 Å². The van der Waals surface area contributed by atoms with Crippen LogP contribution in [0.3, 0.4) is 0 Å². The summed E-state index contributed by atoms with van der Waals surface area (Å²) >= 11 is 1.32. The molecular weight excluding hydrogens is 434 g/mol. The lowest BCUT2D eigenvalue weighted by Gasteiger charge is -2.16. The highest BCUT2D eigenvalue weighted by Crippen LogP contribution is 2.27. The van der Waals surface area contributed by atoms with Crippen molar-refractivity contribution in [3.63, 3.8) is 0 Å². The molecule has 0 atom stereocenters. The molecule has 0 aliphatic carbocycles. The molecule has 0 bridgehead atoms. The summed E-state index contributed by atoms with van der Waals surface area (Å²) in [5.41, 5.74) is 3.46. The Balaban J connectivity index is 1.45. The van der Waals surface area contributed by atoms with Crippen LogP contribution in [-0.2, 0) is 10.0 Å². The van der Waals surface area contributed by atoms with Gasteiger partial charge in [-0.2, -0.15) is 5.10 Å². The second-order valence-electron chi connectivity index (χ2n) is 6.77. The van der Waals surface area contributed by atoms with Crippen LogP contribution in [0.15, 0.2) is 72.4 Å². The van der Waals surface area contributed by atoms with Crippen LogP contribution in [0.1, 0.15) is 10.4 Å². The van der Waals surface area contributed by atoms with Crippen molar-refractivity contribution in [3.05, 3.63) is 77.9 Å². The molecule has 0 radical (unpaired) electrons. The van der Waals surface area contributed by atoms with E-state index in [-0.39, 0.29) is 5.91 Å². The van der Waals surface area contributed by atoms with Crippen molar-refractivity contribution in [1.82, 2.24) is 14.8 Å². The minimum atomic E-state index is -3.32. The van der Waals surface area contributed by atoms with Crippen LogP contribution in [0.5, 0.6) is 0 Å². The molecule has 0 unspecified atom stereocenters. The highest BCUT2D eigenvalue weighted by molar-refractivity contribution is 7.92. The van der Waals surface area contributed by atoms with Crippen LogP contribution in [0.4, 0.5) is 10.8 Å². The molecule has 8 nitrogen and oxygen atoms in total. The normalized spacial score (nSPS) is 11.3. The lowest BCUT2D eigenvalue weighted by Crippen LogP contribution is -2.24. The number of sulfonamides is 1. The monoisotopic (exact) mass is 453 g/mol. The topological polar surface area (TPSA) is 97.2 Å². The van der Waals surface area contributed by atoms with Crippen molar-refractivity contribution in [1.29, 1.82) is 0 Å². The first-order chi connectivity index (χ1) is 14.8. The summed E-state index contributed by atoms with van der Waals surface area (Å²) in [7, 11) is -1.81. The van der Waals surface area contributed by atoms with Crippen molar-refractivity contribution >= 4 is 38.1 Å². The van der Waals surface area contributed by atoms with Crippen molar-refractivity contribution in [3.8, 4) is 16.9 Å². The highest BCUT2D eigenvalue weighted by Gasteiger charge is 2.13. The van der Waals surface area contributed by atoms with Gasteiger partial charge in [0, 0.05) is 35.9 Å². The second-order valence-corrected chi connectivity index (χ2v) is 9.64. The van der Waals surface area contributed by atoms with E-state index >= 15 is 0 Å². The summed E-state index contributed by atoms with van der Waals surface area (Å²) in [6.07, 6.45) is 4.68. The van der Waals surface area contributed by atoms with Gasteiger partial charge >= 0.3 is 0 Å². The predicted octanol–water partition coefficient (Wildman–Crippen LogP) is 3.64. The van der Waals surface area contributed by atoms with Crippen LogP contribution in [0.2, 0.25) is 0 Å². The van der Waals surface area contributed by atoms with Crippen LogP contribution in [-0.4, -0.2) is 42.4 Å². The Hall–Kier alpha value is -3.50. The fourth-order valence-corrected chi connectivity index (χ4v) is 4.07. The number of aromatic nitrogens is 3. The molecule has 0 aliphatic rings. The molecular formula is C21H19N5O3S2. The number of carbonyl (C=O) groups is 1. The summed E-state index contributed by atoms with van der Waals surface area (Å²) in [6.45, 7) is 0. The Kier molecular flexibility index (Phi) is 5.57. The Bertz CT molecular complexity index is 1300. The zero-order chi connectivity index (χ0) is 22.0. The maximum absolute atomic E-state index is 12.5. The number of hydrogen-bond acceptors (Lipinski definition) is 6. The van der Waals surface area contributed by atoms with Crippen molar-refractivity contribution in [2.75, 3.05) is 22.9 Å². The summed E-state index contributed by atoms with van der Waals surface area (Å²) in [6, 6.07) is 16.0. The molecule has 0 saturated carbocycles. The Morgan fingerprint density at radius 3 is 2.42 bits per heavy atom. The number of amides is 1. The van der Waals surface area contributed by atoms with E-state index in [1.165, 1.54) is 22.7 Å². The smallest absolute Gasteiger partial charge is 0.257 e. The molecule has 0 saturated heterocycles. The molecule has 158 valence electrons. The quantitative estimate of drug-likeness (QED) is 0.481. The lowest BCUT2D eigenvalue weighted by molar-refractivity contribution is 0.102. The SMILES string of the molecule is CN(c1ccc(-c2csc(NC(=O)c3ccc(-n4cccn4)cc3)n2)cc1)S(C)(=O)=O. The third kappa shape index (κ3) is 4.65. The van der Waals surface area contributed by atoms with E-state index in [0.29, 0.717) is 22.1 Å². The number of nitrogens with one attached hydrogen (secondary N) is 1. The minimum Gasteiger partial charge on any atom is -0.298 e. The molecule has 4 aromatic rings. The lowest BCUT2D eigenvalue weighted by atomic mass is 10.1. The van der Waals surface area contributed by atoms with E-state index in [1.54, 1.807) is 47.3 Å². The first-order valence-corrected chi connectivity index (χ1v) is 12.0. The maximum atomic E-state index is 12.5. The van der Waals surface area contributed by atoms with Crippen molar-refractivity contribution in [2.24, 2.45) is 0 Å². The van der Waals surface area contributed by atoms with Gasteiger partial charge in [-0.25, -0.2) is 18.1 Å². The summed E-state index contributed by atoms with van der Waals surface area (Å²) in [5.74, 6) is -0.252. The number of thiazole rings is 1. The van der Waals surface area contributed by atoms with Crippen LogP contribution in [0, 0.1) is 0 Å². The predicted molar refractivity (Wildman–Crippen MR) is 122 cm³/mol. The molecule has 0 spiro atoms. The summed E-state index contributed by atoms with van der Waals surface area (Å²) in [5, 5.41) is 9.29. The van der Waals surface area contributed by atoms with E-state index in [2.05, 4.69) is 15.4 Å². The van der Waals surface area contributed by atoms with E-state index in [1.807, 2.05) is 29.8 Å². The van der Waals surface area contributed by atoms with E-state index < -0.39 is 10.0 Å². The standard InChI is InChI=1S/C21H19N5O3S2/c1-25(31(2,28)29)17-8-4-15(5-9-17)19-14-30-21(23-19)24-20(27)16-6-10-18(11-7-16)26-13-3-12-22-26/h3-14H,1-2H3,(H,23,24,27). The van der Waals surface area contributed by atoms with Gasteiger partial charge in [0.2, 0.25) is 10.0 Å². The Morgan fingerprint density at radius 1 is 1.10 bits per heavy atom. The van der Waals surface area contributed by atoms with Gasteiger partial charge in [0.05, 0.1) is 23.3 Å². The second kappa shape index (κ2) is 8.32. The molecule has 0 fully saturated rings. The van der Waals surface area contributed by atoms with E-state index in [9.17, 15) is 13.2 Å². The molecule has 0 aliphatic heterocycles. The van der Waals surface area contributed by atoms with Gasteiger partial charge in [0.15, 0.2) is 5.13 Å². The largest absolute Gasteiger partial charge is 0.298 e. The van der Waals surface area contributed by atoms with Gasteiger partial charge in [-0.05, 0) is 42.5 Å². The van der Waals surface area contributed by atoms with Crippen LogP contribution < -0.4 is 9.62 Å². The van der Waals surface area contributed by atoms with Gasteiger partial charge in [-0.3, -0.25) is 14.4 Å². The number of carbonyl (C=O) groups excluding carboxylic acids is 1. The third-order valence-electron chi connectivity index (χ3n) is 4.65. The van der Waals surface area contributed by atoms with Gasteiger partial charge in [-0.1, -0.05) is 12.1 Å². The number of benzene rings is 2. The van der Waals surface area contributed by atoms with Crippen molar-refractivity contribution in [2.45, 2.75) is 0 Å². The van der Waals surface area contributed by atoms with Gasteiger partial charge in [0.25, 0.3) is 5.91 Å².